The molecule has 0 bridgehead atoms. The topological polar surface area (TPSA) is 93.0 Å². The summed E-state index contributed by atoms with van der Waals surface area (Å²) in [5.74, 6) is 3.75. The number of hydrogen-bond acceptors (Lipinski definition) is 4. The lowest BCUT2D eigenvalue weighted by molar-refractivity contribution is 0.796. The third-order valence-corrected chi connectivity index (χ3v) is 9.37. The molecule has 0 aliphatic carbocycles. The van der Waals surface area contributed by atoms with Gasteiger partial charge in [0.2, 0.25) is 0 Å². The van der Waals surface area contributed by atoms with Gasteiger partial charge in [-0.15, -0.1) is 0 Å². The van der Waals surface area contributed by atoms with Crippen LogP contribution in [0.15, 0.2) is 146 Å². The van der Waals surface area contributed by atoms with Gasteiger partial charge in [-0.3, -0.25) is 0 Å². The van der Waals surface area contributed by atoms with Crippen LogP contribution in [-0.2, 0) is 13.6 Å². The molecule has 8 nitrogen and oxygen atoms in total. The minimum Gasteiger partial charge on any atom is -0.338 e. The first-order chi connectivity index (χ1) is 26.5. The van der Waals surface area contributed by atoms with Crippen LogP contribution in [0.25, 0.3) is 89.7 Å². The molecule has 2 N–H and O–H groups in total. The molecule has 0 amide bonds. The van der Waals surface area contributed by atoms with Crippen LogP contribution in [0.2, 0.25) is 0 Å². The number of hydrogen-bond donors (Lipinski definition) is 2. The summed E-state index contributed by atoms with van der Waals surface area (Å²) in [6, 6.07) is 49.5. The second-order valence-electron chi connectivity index (χ2n) is 13.2. The number of nitrogens with one attached hydrogen (secondary N) is 2. The van der Waals surface area contributed by atoms with Crippen molar-refractivity contribution in [3.63, 3.8) is 0 Å². The first-order valence-corrected chi connectivity index (χ1v) is 18.5. The molecule has 6 aromatic carbocycles. The van der Waals surface area contributed by atoms with Crippen molar-refractivity contribution in [1.29, 1.82) is 0 Å². The average molecular weight is 707 g/mol. The van der Waals surface area contributed by atoms with Gasteiger partial charge in [-0.25, -0.2) is 19.9 Å². The van der Waals surface area contributed by atoms with Crippen LogP contribution in [0.3, 0.4) is 0 Å². The van der Waals surface area contributed by atoms with Crippen molar-refractivity contribution in [2.75, 3.05) is 0 Å². The Morgan fingerprint density at radius 1 is 0.426 bits per heavy atom. The number of benzene rings is 6. The lowest BCUT2D eigenvalue weighted by Crippen LogP contribution is -1.97. The second-order valence-corrected chi connectivity index (χ2v) is 13.2. The molecule has 4 heterocycles. The van der Waals surface area contributed by atoms with E-state index in [2.05, 4.69) is 136 Å². The van der Waals surface area contributed by atoms with Crippen molar-refractivity contribution >= 4 is 44.1 Å². The van der Waals surface area contributed by atoms with E-state index in [1.807, 2.05) is 66.7 Å². The number of H-pyrrole nitrogens is 2. The van der Waals surface area contributed by atoms with E-state index in [9.17, 15) is 0 Å². The SMILES string of the molecule is CCC.CCn1c(-c2ccc(-c3nc4ccccc4n3C)cc2)nc2ccccc21.c1ccc2[nH]c(-c3ccc(-c4nc5ccccc5[nH]4)cc3)nc2c1. The maximum Gasteiger partial charge on any atom is 0.141 e. The second kappa shape index (κ2) is 15.0. The Hall–Kier alpha value is -6.80. The molecule has 10 aromatic rings. The Kier molecular flexibility index (Phi) is 9.56. The Balaban J connectivity index is 0.000000144. The molecule has 0 saturated carbocycles. The minimum atomic E-state index is 0.882. The average Bonchev–Trinajstić information content (AvgIpc) is 4.01. The lowest BCUT2D eigenvalue weighted by Gasteiger charge is -2.07. The summed E-state index contributed by atoms with van der Waals surface area (Å²) < 4.78 is 4.41. The Labute approximate surface area is 314 Å². The molecule has 4 aromatic heterocycles. The highest BCUT2D eigenvalue weighted by atomic mass is 15.1. The number of rotatable bonds is 5. The molecule has 0 radical (unpaired) electrons. The van der Waals surface area contributed by atoms with Crippen LogP contribution in [0, 0.1) is 0 Å². The first kappa shape index (κ1) is 34.3. The van der Waals surface area contributed by atoms with E-state index < -0.39 is 0 Å². The number of aromatic amines is 2. The van der Waals surface area contributed by atoms with Crippen LogP contribution in [0.5, 0.6) is 0 Å². The third-order valence-electron chi connectivity index (χ3n) is 9.37. The van der Waals surface area contributed by atoms with E-state index in [0.717, 1.165) is 90.7 Å². The van der Waals surface area contributed by atoms with Gasteiger partial charge in [0.15, 0.2) is 0 Å². The van der Waals surface area contributed by atoms with E-state index >= 15 is 0 Å². The van der Waals surface area contributed by atoms with Crippen LogP contribution in [0.4, 0.5) is 0 Å². The van der Waals surface area contributed by atoms with Crippen LogP contribution < -0.4 is 0 Å². The summed E-state index contributed by atoms with van der Waals surface area (Å²) in [5.41, 5.74) is 12.8. The first-order valence-electron chi connectivity index (χ1n) is 18.5. The Bertz CT molecular complexity index is 2660. The molecule has 0 aliphatic heterocycles. The Morgan fingerprint density at radius 2 is 0.815 bits per heavy atom. The molecule has 8 heteroatoms. The standard InChI is InChI=1S/C23H20N4.C20H14N4.C3H8/c1-3-27-21-11-7-5-9-19(21)25-23(27)17-14-12-16(13-15-17)22-24-18-8-4-6-10-20(18)26(22)2;1-2-6-16-15(5-1)21-19(22-16)13-9-11-14(12-10-13)20-23-17-7-3-4-8-18(17)24-20;1-3-2/h4-15H,3H2,1-2H3;1-12H,(H,21,22)(H,23,24);3H2,1-2H3. The highest BCUT2D eigenvalue weighted by Crippen LogP contribution is 2.29. The van der Waals surface area contributed by atoms with E-state index in [-0.39, 0.29) is 0 Å². The highest BCUT2D eigenvalue weighted by molar-refractivity contribution is 5.84. The molecule has 0 spiro atoms. The zero-order valence-corrected chi connectivity index (χ0v) is 31.0. The summed E-state index contributed by atoms with van der Waals surface area (Å²) in [7, 11) is 2.06. The number of fused-ring (bicyclic) bond motifs is 4. The van der Waals surface area contributed by atoms with E-state index in [4.69, 9.17) is 9.97 Å². The van der Waals surface area contributed by atoms with Crippen LogP contribution in [0.1, 0.15) is 27.2 Å². The fraction of sp³-hybridized carbons (Fsp3) is 0.130. The van der Waals surface area contributed by atoms with Gasteiger partial charge in [0, 0.05) is 35.8 Å². The van der Waals surface area contributed by atoms with Crippen molar-refractivity contribution in [1.82, 2.24) is 39.0 Å². The fourth-order valence-corrected chi connectivity index (χ4v) is 6.75. The van der Waals surface area contributed by atoms with Gasteiger partial charge in [-0.2, -0.15) is 0 Å². The van der Waals surface area contributed by atoms with Crippen molar-refractivity contribution in [3.8, 4) is 45.6 Å². The summed E-state index contributed by atoms with van der Waals surface area (Å²) in [6.07, 6.45) is 1.25. The van der Waals surface area contributed by atoms with Gasteiger partial charge < -0.3 is 19.1 Å². The van der Waals surface area contributed by atoms with Gasteiger partial charge >= 0.3 is 0 Å². The molecule has 10 rings (SSSR count). The predicted octanol–water partition coefficient (Wildman–Crippen LogP) is 11.5. The Morgan fingerprint density at radius 3 is 1.30 bits per heavy atom. The fourth-order valence-electron chi connectivity index (χ4n) is 6.75. The summed E-state index contributed by atoms with van der Waals surface area (Å²) in [4.78, 5) is 25.6. The molecule has 54 heavy (non-hydrogen) atoms. The summed E-state index contributed by atoms with van der Waals surface area (Å²) >= 11 is 0. The number of nitrogens with zero attached hydrogens (tertiary/aromatic N) is 6. The normalized spacial score (nSPS) is 11.1. The van der Waals surface area contributed by atoms with Crippen molar-refractivity contribution in [3.05, 3.63) is 146 Å². The van der Waals surface area contributed by atoms with Gasteiger partial charge in [-0.1, -0.05) is 117 Å². The molecular weight excluding hydrogens is 665 g/mol. The van der Waals surface area contributed by atoms with Crippen LogP contribution in [-0.4, -0.2) is 39.0 Å². The predicted molar refractivity (Wildman–Crippen MR) is 223 cm³/mol. The van der Waals surface area contributed by atoms with Gasteiger partial charge in [0.1, 0.15) is 23.3 Å². The molecular formula is C46H42N8. The van der Waals surface area contributed by atoms with Gasteiger partial charge in [0.25, 0.3) is 0 Å². The zero-order chi connectivity index (χ0) is 37.0. The smallest absolute Gasteiger partial charge is 0.141 e. The minimum absolute atomic E-state index is 0.882. The highest BCUT2D eigenvalue weighted by Gasteiger charge is 2.14. The summed E-state index contributed by atoms with van der Waals surface area (Å²) in [6.45, 7) is 7.30. The number of imidazole rings is 4. The molecule has 0 atom stereocenters. The number of aryl methyl sites for hydroxylation is 2. The molecule has 0 saturated heterocycles. The maximum absolute atomic E-state index is 4.85. The van der Waals surface area contributed by atoms with Crippen molar-refractivity contribution in [2.45, 2.75) is 33.7 Å². The van der Waals surface area contributed by atoms with E-state index in [1.165, 1.54) is 11.9 Å². The number of aromatic nitrogens is 8. The largest absolute Gasteiger partial charge is 0.338 e. The third kappa shape index (κ3) is 6.65. The monoisotopic (exact) mass is 706 g/mol. The quantitative estimate of drug-likeness (QED) is 0.186. The molecule has 0 unspecified atom stereocenters. The van der Waals surface area contributed by atoms with Gasteiger partial charge in [0.05, 0.1) is 44.1 Å². The van der Waals surface area contributed by atoms with E-state index in [1.54, 1.807) is 0 Å². The summed E-state index contributed by atoms with van der Waals surface area (Å²) in [5, 5.41) is 0. The van der Waals surface area contributed by atoms with Crippen molar-refractivity contribution in [2.24, 2.45) is 7.05 Å². The molecule has 0 aliphatic rings. The van der Waals surface area contributed by atoms with Gasteiger partial charge in [-0.05, 0) is 55.5 Å². The molecule has 266 valence electrons. The maximum atomic E-state index is 4.85. The van der Waals surface area contributed by atoms with E-state index in [0.29, 0.717) is 0 Å². The zero-order valence-electron chi connectivity index (χ0n) is 31.0. The van der Waals surface area contributed by atoms with Crippen molar-refractivity contribution < 1.29 is 0 Å². The lowest BCUT2D eigenvalue weighted by atomic mass is 10.1. The van der Waals surface area contributed by atoms with Crippen LogP contribution >= 0.6 is 0 Å². The number of para-hydroxylation sites is 8. The molecule has 0 fully saturated rings.